The van der Waals surface area contributed by atoms with Crippen LogP contribution in [0.1, 0.15) is 31.4 Å². The molecule has 0 N–H and O–H groups in total. The molecule has 1 aromatic heterocycles. The maximum atomic E-state index is 5.60. The smallest absolute Gasteiger partial charge is 0.151 e. The number of aryl methyl sites for hydroxylation is 1. The molecule has 0 atom stereocenters. The first-order valence-corrected chi connectivity index (χ1v) is 7.31. The lowest BCUT2D eigenvalue weighted by atomic mass is 9.86. The summed E-state index contributed by atoms with van der Waals surface area (Å²) in [7, 11) is 2.11. The second-order valence-corrected chi connectivity index (χ2v) is 5.37. The zero-order valence-corrected chi connectivity index (χ0v) is 12.3. The summed E-state index contributed by atoms with van der Waals surface area (Å²) in [6, 6.07) is 4.60. The van der Waals surface area contributed by atoms with E-state index in [1.165, 1.54) is 0 Å². The maximum Gasteiger partial charge on any atom is 0.151 e. The molecule has 3 nitrogen and oxygen atoms in total. The van der Waals surface area contributed by atoms with Gasteiger partial charge in [0.05, 0.1) is 11.6 Å². The number of rotatable bonds is 2. The highest BCUT2D eigenvalue weighted by Crippen LogP contribution is 2.28. The third-order valence-electron chi connectivity index (χ3n) is 3.76. The Kier molecular flexibility index (Phi) is 5.04. The van der Waals surface area contributed by atoms with E-state index in [1.54, 1.807) is 0 Å². The predicted molar refractivity (Wildman–Crippen MR) is 79.4 cm³/mol. The van der Waals surface area contributed by atoms with E-state index < -0.39 is 0 Å². The lowest BCUT2D eigenvalue weighted by molar-refractivity contribution is 0.373. The minimum absolute atomic E-state index is 0.443. The molecule has 1 aliphatic carbocycles. The molecule has 19 heavy (non-hydrogen) atoms. The van der Waals surface area contributed by atoms with Gasteiger partial charge in [0.25, 0.3) is 0 Å². The Hall–Kier alpha value is -1.27. The zero-order valence-electron chi connectivity index (χ0n) is 11.6. The molecule has 102 valence electrons. The van der Waals surface area contributed by atoms with Gasteiger partial charge >= 0.3 is 0 Å². The molecule has 0 radical (unpaired) electrons. The summed E-state index contributed by atoms with van der Waals surface area (Å²) < 4.78 is 0. The van der Waals surface area contributed by atoms with Crippen molar-refractivity contribution in [3.63, 3.8) is 0 Å². The molecule has 1 aliphatic rings. The average molecular weight is 278 g/mol. The lowest BCUT2D eigenvalue weighted by Crippen LogP contribution is -2.35. The molecule has 0 spiro atoms. The van der Waals surface area contributed by atoms with Crippen molar-refractivity contribution >= 4 is 17.4 Å². The second kappa shape index (κ2) is 6.77. The summed E-state index contributed by atoms with van der Waals surface area (Å²) in [5.74, 6) is 8.15. The molecule has 0 amide bonds. The lowest BCUT2D eigenvalue weighted by Gasteiger charge is -2.33. The van der Waals surface area contributed by atoms with Crippen molar-refractivity contribution in [2.45, 2.75) is 38.6 Å². The Morgan fingerprint density at radius 3 is 2.58 bits per heavy atom. The fraction of sp³-hybridized carbons (Fsp3) is 0.600. The standard InChI is InChI=1S/C15H20ClN3/c1-12-5-10-15(18-17-12)19(2)14-8-6-13(7-9-14)4-3-11-16/h5,10,13-14H,6-9,11H2,1-2H3. The SMILES string of the molecule is Cc1ccc(N(C)C2CCC(C#CCCl)CC2)nn1. The average Bonchev–Trinajstić information content (AvgIpc) is 2.46. The van der Waals surface area contributed by atoms with Crippen LogP contribution in [-0.2, 0) is 0 Å². The first-order valence-electron chi connectivity index (χ1n) is 6.78. The number of hydrogen-bond acceptors (Lipinski definition) is 3. The molecule has 4 heteroatoms. The Bertz CT molecular complexity index is 453. The molecule has 0 saturated heterocycles. The summed E-state index contributed by atoms with van der Waals surface area (Å²) in [6.07, 6.45) is 4.62. The molecule has 0 aliphatic heterocycles. The van der Waals surface area contributed by atoms with Crippen molar-refractivity contribution in [3.8, 4) is 11.8 Å². The monoisotopic (exact) mass is 277 g/mol. The molecule has 0 unspecified atom stereocenters. The van der Waals surface area contributed by atoms with Gasteiger partial charge in [-0.1, -0.05) is 11.8 Å². The van der Waals surface area contributed by atoms with Gasteiger partial charge in [0.15, 0.2) is 5.82 Å². The highest BCUT2D eigenvalue weighted by Gasteiger charge is 2.23. The number of halogens is 1. The molecule has 0 aromatic carbocycles. The third-order valence-corrected chi connectivity index (χ3v) is 3.90. The largest absolute Gasteiger partial charge is 0.355 e. The van der Waals surface area contributed by atoms with E-state index in [0.29, 0.717) is 17.8 Å². The Morgan fingerprint density at radius 2 is 2.00 bits per heavy atom. The summed E-state index contributed by atoms with van der Waals surface area (Å²) in [5, 5.41) is 8.37. The van der Waals surface area contributed by atoms with Gasteiger partial charge < -0.3 is 4.90 Å². The van der Waals surface area contributed by atoms with Crippen LogP contribution in [-0.4, -0.2) is 29.2 Å². The van der Waals surface area contributed by atoms with Crippen molar-refractivity contribution < 1.29 is 0 Å². The topological polar surface area (TPSA) is 29.0 Å². The van der Waals surface area contributed by atoms with Gasteiger partial charge in [-0.15, -0.1) is 16.7 Å². The summed E-state index contributed by atoms with van der Waals surface area (Å²) in [5.41, 5.74) is 0.956. The Morgan fingerprint density at radius 1 is 1.26 bits per heavy atom. The molecule has 1 saturated carbocycles. The van der Waals surface area contributed by atoms with E-state index in [2.05, 4.69) is 34.0 Å². The van der Waals surface area contributed by atoms with E-state index in [4.69, 9.17) is 11.6 Å². The molecule has 2 rings (SSSR count). The number of anilines is 1. The van der Waals surface area contributed by atoms with E-state index in [-0.39, 0.29) is 0 Å². The number of hydrogen-bond donors (Lipinski definition) is 0. The van der Waals surface area contributed by atoms with Crippen molar-refractivity contribution in [1.82, 2.24) is 10.2 Å². The van der Waals surface area contributed by atoms with Crippen LogP contribution in [0.2, 0.25) is 0 Å². The first-order chi connectivity index (χ1) is 9.20. The van der Waals surface area contributed by atoms with Crippen LogP contribution < -0.4 is 4.90 Å². The Balaban J connectivity index is 1.92. The number of aromatic nitrogens is 2. The van der Waals surface area contributed by atoms with Crippen LogP contribution in [0.5, 0.6) is 0 Å². The molecule has 1 aromatic rings. The van der Waals surface area contributed by atoms with Gasteiger partial charge in [0, 0.05) is 19.0 Å². The maximum absolute atomic E-state index is 5.60. The van der Waals surface area contributed by atoms with Gasteiger partial charge in [-0.25, -0.2) is 0 Å². The van der Waals surface area contributed by atoms with Crippen molar-refractivity contribution in [1.29, 1.82) is 0 Å². The van der Waals surface area contributed by atoms with Crippen LogP contribution in [0, 0.1) is 24.7 Å². The van der Waals surface area contributed by atoms with Crippen LogP contribution in [0.15, 0.2) is 12.1 Å². The van der Waals surface area contributed by atoms with Crippen LogP contribution in [0.25, 0.3) is 0 Å². The minimum Gasteiger partial charge on any atom is -0.355 e. The highest BCUT2D eigenvalue weighted by atomic mass is 35.5. The predicted octanol–water partition coefficient (Wildman–Crippen LogP) is 3.02. The number of nitrogens with zero attached hydrogens (tertiary/aromatic N) is 3. The molecular formula is C15H20ClN3. The highest BCUT2D eigenvalue weighted by molar-refractivity contribution is 6.19. The third kappa shape index (κ3) is 3.84. The van der Waals surface area contributed by atoms with Gasteiger partial charge in [-0.05, 0) is 44.7 Å². The summed E-state index contributed by atoms with van der Waals surface area (Å²) in [6.45, 7) is 1.96. The van der Waals surface area contributed by atoms with Gasteiger partial charge in [0.1, 0.15) is 0 Å². The van der Waals surface area contributed by atoms with E-state index in [1.807, 2.05) is 19.1 Å². The summed E-state index contributed by atoms with van der Waals surface area (Å²) in [4.78, 5) is 2.25. The van der Waals surface area contributed by atoms with Gasteiger partial charge in [0.2, 0.25) is 0 Å². The second-order valence-electron chi connectivity index (χ2n) is 5.10. The normalized spacial score (nSPS) is 22.5. The van der Waals surface area contributed by atoms with Gasteiger partial charge in [-0.2, -0.15) is 5.10 Å². The van der Waals surface area contributed by atoms with Crippen molar-refractivity contribution in [2.24, 2.45) is 5.92 Å². The van der Waals surface area contributed by atoms with Crippen LogP contribution in [0.3, 0.4) is 0 Å². The van der Waals surface area contributed by atoms with E-state index >= 15 is 0 Å². The Labute approximate surface area is 120 Å². The van der Waals surface area contributed by atoms with Crippen molar-refractivity contribution in [2.75, 3.05) is 17.8 Å². The quantitative estimate of drug-likeness (QED) is 0.615. The minimum atomic E-state index is 0.443. The van der Waals surface area contributed by atoms with Crippen molar-refractivity contribution in [3.05, 3.63) is 17.8 Å². The fourth-order valence-electron chi connectivity index (χ4n) is 2.56. The van der Waals surface area contributed by atoms with Crippen LogP contribution in [0.4, 0.5) is 5.82 Å². The van der Waals surface area contributed by atoms with Gasteiger partial charge in [-0.3, -0.25) is 0 Å². The van der Waals surface area contributed by atoms with Crippen LogP contribution >= 0.6 is 11.6 Å². The molecular weight excluding hydrogens is 258 g/mol. The first kappa shape index (κ1) is 14.1. The molecule has 1 heterocycles. The molecule has 0 bridgehead atoms. The van der Waals surface area contributed by atoms with E-state index in [0.717, 1.165) is 37.2 Å². The molecule has 1 fully saturated rings. The zero-order chi connectivity index (χ0) is 13.7. The fourth-order valence-corrected chi connectivity index (χ4v) is 2.63. The summed E-state index contributed by atoms with van der Waals surface area (Å²) >= 11 is 5.60. The number of alkyl halides is 1. The van der Waals surface area contributed by atoms with E-state index in [9.17, 15) is 0 Å².